The Kier molecular flexibility index (Phi) is 3.54. The molecule has 0 fully saturated rings. The van der Waals surface area contributed by atoms with Crippen molar-refractivity contribution in [3.8, 4) is 10.8 Å². The van der Waals surface area contributed by atoms with Gasteiger partial charge in [0.05, 0.1) is 6.04 Å². The quantitative estimate of drug-likeness (QED) is 0.790. The van der Waals surface area contributed by atoms with E-state index in [4.69, 9.17) is 4.42 Å². The summed E-state index contributed by atoms with van der Waals surface area (Å²) in [6, 6.07) is 8.46. The van der Waals surface area contributed by atoms with Gasteiger partial charge in [0.2, 0.25) is 0 Å². The molecular formula is C15H17N3OS. The molecule has 0 radical (unpaired) electrons. The molecule has 20 heavy (non-hydrogen) atoms. The maximum absolute atomic E-state index is 5.86. The summed E-state index contributed by atoms with van der Waals surface area (Å²) in [6.07, 6.45) is 0.991. The van der Waals surface area contributed by atoms with E-state index < -0.39 is 0 Å². The van der Waals surface area contributed by atoms with Gasteiger partial charge in [0, 0.05) is 5.39 Å². The van der Waals surface area contributed by atoms with Gasteiger partial charge in [-0.15, -0.1) is 10.2 Å². The van der Waals surface area contributed by atoms with Crippen LogP contribution in [0.1, 0.15) is 30.0 Å². The van der Waals surface area contributed by atoms with Crippen molar-refractivity contribution in [3.05, 3.63) is 34.8 Å². The Labute approximate surface area is 121 Å². The van der Waals surface area contributed by atoms with E-state index in [1.807, 2.05) is 19.2 Å². The average Bonchev–Trinajstić information content (AvgIpc) is 3.06. The summed E-state index contributed by atoms with van der Waals surface area (Å²) in [6.45, 7) is 4.21. The highest BCUT2D eigenvalue weighted by molar-refractivity contribution is 7.14. The van der Waals surface area contributed by atoms with Gasteiger partial charge in [0.25, 0.3) is 0 Å². The summed E-state index contributed by atoms with van der Waals surface area (Å²) in [4.78, 5) is 0. The van der Waals surface area contributed by atoms with Gasteiger partial charge in [-0.05, 0) is 38.6 Å². The zero-order chi connectivity index (χ0) is 14.1. The maximum Gasteiger partial charge on any atom is 0.183 e. The van der Waals surface area contributed by atoms with Crippen LogP contribution < -0.4 is 5.32 Å². The molecule has 0 aliphatic carbocycles. The molecule has 104 valence electrons. The van der Waals surface area contributed by atoms with Gasteiger partial charge in [-0.3, -0.25) is 0 Å². The van der Waals surface area contributed by atoms with Crippen LogP contribution in [-0.4, -0.2) is 17.2 Å². The molecule has 5 heteroatoms. The number of aryl methyl sites for hydroxylation is 1. The average molecular weight is 287 g/mol. The second-order valence-corrected chi connectivity index (χ2v) is 5.86. The molecule has 0 aliphatic rings. The highest BCUT2D eigenvalue weighted by Crippen LogP contribution is 2.32. The lowest BCUT2D eigenvalue weighted by Gasteiger charge is -2.07. The van der Waals surface area contributed by atoms with Crippen molar-refractivity contribution >= 4 is 22.3 Å². The molecule has 4 nitrogen and oxygen atoms in total. The third-order valence-electron chi connectivity index (χ3n) is 3.38. The number of aromatic nitrogens is 2. The standard InChI is InChI=1S/C15H17N3OS/c1-4-11(16-3)14-17-18-15(20-14)13-8-10-7-9(2)5-6-12(10)19-13/h5-8,11,16H,4H2,1-3H3. The number of benzene rings is 1. The van der Waals surface area contributed by atoms with Gasteiger partial charge in [-0.2, -0.15) is 0 Å². The summed E-state index contributed by atoms with van der Waals surface area (Å²) in [5, 5.41) is 14.7. The maximum atomic E-state index is 5.86. The zero-order valence-corrected chi connectivity index (χ0v) is 12.6. The fourth-order valence-electron chi connectivity index (χ4n) is 2.25. The van der Waals surface area contributed by atoms with Crippen molar-refractivity contribution in [1.29, 1.82) is 0 Å². The first-order valence-electron chi connectivity index (χ1n) is 6.72. The molecule has 2 heterocycles. The predicted molar refractivity (Wildman–Crippen MR) is 81.9 cm³/mol. The lowest BCUT2D eigenvalue weighted by atomic mass is 10.2. The molecule has 1 aromatic carbocycles. The number of hydrogen-bond acceptors (Lipinski definition) is 5. The van der Waals surface area contributed by atoms with E-state index in [1.54, 1.807) is 11.3 Å². The van der Waals surface area contributed by atoms with E-state index in [1.165, 1.54) is 5.56 Å². The van der Waals surface area contributed by atoms with E-state index in [2.05, 4.69) is 41.5 Å². The third-order valence-corrected chi connectivity index (χ3v) is 4.43. The number of furan rings is 1. The molecule has 0 amide bonds. The Balaban J connectivity index is 1.98. The van der Waals surface area contributed by atoms with Gasteiger partial charge >= 0.3 is 0 Å². The summed E-state index contributed by atoms with van der Waals surface area (Å²) in [5.74, 6) is 0.792. The third kappa shape index (κ3) is 2.34. The molecule has 1 N–H and O–H groups in total. The lowest BCUT2D eigenvalue weighted by Crippen LogP contribution is -2.14. The van der Waals surface area contributed by atoms with Crippen LogP contribution in [0.15, 0.2) is 28.7 Å². The molecule has 0 aliphatic heterocycles. The fraction of sp³-hybridized carbons (Fsp3) is 0.333. The van der Waals surface area contributed by atoms with Gasteiger partial charge in [0.1, 0.15) is 10.6 Å². The largest absolute Gasteiger partial charge is 0.453 e. The summed E-state index contributed by atoms with van der Waals surface area (Å²) < 4.78 is 5.86. The molecule has 1 unspecified atom stereocenters. The highest BCUT2D eigenvalue weighted by Gasteiger charge is 2.16. The Hall–Kier alpha value is -1.72. The Morgan fingerprint density at radius 3 is 2.90 bits per heavy atom. The first-order chi connectivity index (χ1) is 9.71. The topological polar surface area (TPSA) is 51.0 Å². The second-order valence-electron chi connectivity index (χ2n) is 4.85. The minimum absolute atomic E-state index is 0.257. The number of rotatable bonds is 4. The molecule has 0 saturated heterocycles. The normalized spacial score (nSPS) is 12.9. The Morgan fingerprint density at radius 2 is 2.15 bits per heavy atom. The van der Waals surface area contributed by atoms with Gasteiger partial charge < -0.3 is 9.73 Å². The highest BCUT2D eigenvalue weighted by atomic mass is 32.1. The molecular weight excluding hydrogens is 270 g/mol. The van der Waals surface area contributed by atoms with Crippen LogP contribution in [0.5, 0.6) is 0 Å². The van der Waals surface area contributed by atoms with Crippen molar-refractivity contribution in [2.24, 2.45) is 0 Å². The number of hydrogen-bond donors (Lipinski definition) is 1. The minimum Gasteiger partial charge on any atom is -0.453 e. The molecule has 0 bridgehead atoms. The van der Waals surface area contributed by atoms with Crippen LogP contribution in [0.3, 0.4) is 0 Å². The molecule has 3 rings (SSSR count). The van der Waals surface area contributed by atoms with E-state index in [-0.39, 0.29) is 6.04 Å². The Bertz CT molecular complexity index is 728. The van der Waals surface area contributed by atoms with E-state index in [0.717, 1.165) is 33.2 Å². The fourth-order valence-corrected chi connectivity index (χ4v) is 3.23. The Morgan fingerprint density at radius 1 is 1.30 bits per heavy atom. The van der Waals surface area contributed by atoms with Crippen molar-refractivity contribution in [2.45, 2.75) is 26.3 Å². The van der Waals surface area contributed by atoms with E-state index in [0.29, 0.717) is 0 Å². The van der Waals surface area contributed by atoms with Crippen LogP contribution in [0.2, 0.25) is 0 Å². The number of fused-ring (bicyclic) bond motifs is 1. The molecule has 2 aromatic heterocycles. The molecule has 0 saturated carbocycles. The van der Waals surface area contributed by atoms with Crippen LogP contribution in [-0.2, 0) is 0 Å². The summed E-state index contributed by atoms with van der Waals surface area (Å²) in [5.41, 5.74) is 2.12. The SMILES string of the molecule is CCC(NC)c1nnc(-c2cc3cc(C)ccc3o2)s1. The zero-order valence-electron chi connectivity index (χ0n) is 11.8. The van der Waals surface area contributed by atoms with E-state index >= 15 is 0 Å². The van der Waals surface area contributed by atoms with Crippen molar-refractivity contribution in [1.82, 2.24) is 15.5 Å². The van der Waals surface area contributed by atoms with Crippen LogP contribution >= 0.6 is 11.3 Å². The van der Waals surface area contributed by atoms with Crippen LogP contribution in [0, 0.1) is 6.92 Å². The lowest BCUT2D eigenvalue weighted by molar-refractivity contribution is 0.568. The van der Waals surface area contributed by atoms with Crippen molar-refractivity contribution < 1.29 is 4.42 Å². The predicted octanol–water partition coefficient (Wildman–Crippen LogP) is 3.93. The molecule has 0 spiro atoms. The number of nitrogens with one attached hydrogen (secondary N) is 1. The van der Waals surface area contributed by atoms with Crippen molar-refractivity contribution in [2.75, 3.05) is 7.05 Å². The second kappa shape index (κ2) is 5.34. The monoisotopic (exact) mass is 287 g/mol. The summed E-state index contributed by atoms with van der Waals surface area (Å²) in [7, 11) is 1.94. The van der Waals surface area contributed by atoms with E-state index in [9.17, 15) is 0 Å². The summed E-state index contributed by atoms with van der Waals surface area (Å²) >= 11 is 1.58. The molecule has 1 atom stereocenters. The van der Waals surface area contributed by atoms with Crippen LogP contribution in [0.25, 0.3) is 21.7 Å². The van der Waals surface area contributed by atoms with Gasteiger partial charge in [0.15, 0.2) is 10.8 Å². The number of nitrogens with zero attached hydrogens (tertiary/aromatic N) is 2. The smallest absolute Gasteiger partial charge is 0.183 e. The van der Waals surface area contributed by atoms with Crippen LogP contribution in [0.4, 0.5) is 0 Å². The first-order valence-corrected chi connectivity index (χ1v) is 7.54. The molecule has 3 aromatic rings. The van der Waals surface area contributed by atoms with Crippen molar-refractivity contribution in [3.63, 3.8) is 0 Å². The minimum atomic E-state index is 0.257. The first kappa shape index (κ1) is 13.3. The van der Waals surface area contributed by atoms with Gasteiger partial charge in [-0.1, -0.05) is 29.9 Å². The van der Waals surface area contributed by atoms with Gasteiger partial charge in [-0.25, -0.2) is 0 Å².